The Morgan fingerprint density at radius 3 is 2.71 bits per heavy atom. The van der Waals surface area contributed by atoms with Crippen molar-refractivity contribution in [3.63, 3.8) is 0 Å². The maximum absolute atomic E-state index is 9.05. The maximum atomic E-state index is 9.05. The van der Waals surface area contributed by atoms with Gasteiger partial charge in [-0.25, -0.2) is 0 Å². The van der Waals surface area contributed by atoms with Crippen molar-refractivity contribution in [3.05, 3.63) is 24.3 Å². The molecule has 1 aliphatic rings. The lowest BCUT2D eigenvalue weighted by molar-refractivity contribution is 0.128. The molecule has 1 heterocycles. The molecule has 0 amide bonds. The molecule has 118 valence electrons. The Bertz CT molecular complexity index is 409. The second kappa shape index (κ2) is 8.90. The fourth-order valence-corrected chi connectivity index (χ4v) is 2.90. The largest absolute Gasteiger partial charge is 0.490 e. The van der Waals surface area contributed by atoms with Crippen LogP contribution in [0.1, 0.15) is 26.2 Å². The highest BCUT2D eigenvalue weighted by atomic mass is 16.5. The lowest BCUT2D eigenvalue weighted by Crippen LogP contribution is -2.38. The maximum Gasteiger partial charge on any atom is 0.161 e. The van der Waals surface area contributed by atoms with E-state index in [4.69, 9.17) is 14.6 Å². The van der Waals surface area contributed by atoms with E-state index < -0.39 is 0 Å². The zero-order valence-electron chi connectivity index (χ0n) is 13.0. The van der Waals surface area contributed by atoms with E-state index >= 15 is 0 Å². The molecular formula is C17H27NO3. The average molecular weight is 293 g/mol. The van der Waals surface area contributed by atoms with E-state index in [0.29, 0.717) is 25.7 Å². The molecule has 0 saturated carbocycles. The first-order chi connectivity index (χ1) is 10.3. The van der Waals surface area contributed by atoms with Crippen molar-refractivity contribution in [2.24, 2.45) is 5.92 Å². The minimum Gasteiger partial charge on any atom is -0.490 e. The van der Waals surface area contributed by atoms with Crippen molar-refractivity contribution in [2.45, 2.75) is 26.2 Å². The van der Waals surface area contributed by atoms with E-state index in [1.807, 2.05) is 31.2 Å². The molecule has 1 aromatic rings. The van der Waals surface area contributed by atoms with Crippen LogP contribution in [0, 0.1) is 5.92 Å². The summed E-state index contributed by atoms with van der Waals surface area (Å²) < 4.78 is 11.4. The summed E-state index contributed by atoms with van der Waals surface area (Å²) in [5.41, 5.74) is 0. The standard InChI is InChI=1S/C17H27NO3/c1-2-20-16-7-3-4-8-17(16)21-13-11-18-10-5-6-15(14-18)9-12-19/h3-4,7-8,15,19H,2,5-6,9-14H2,1H3. The first kappa shape index (κ1) is 16.1. The fourth-order valence-electron chi connectivity index (χ4n) is 2.90. The third-order valence-corrected chi connectivity index (χ3v) is 3.95. The van der Waals surface area contributed by atoms with Crippen LogP contribution in [-0.4, -0.2) is 49.5 Å². The number of aliphatic hydroxyl groups is 1. The molecule has 1 saturated heterocycles. The van der Waals surface area contributed by atoms with Gasteiger partial charge in [0.15, 0.2) is 11.5 Å². The molecule has 4 heteroatoms. The van der Waals surface area contributed by atoms with E-state index in [0.717, 1.165) is 37.6 Å². The molecule has 1 unspecified atom stereocenters. The Kier molecular flexibility index (Phi) is 6.83. The molecule has 1 atom stereocenters. The van der Waals surface area contributed by atoms with Crippen molar-refractivity contribution in [1.82, 2.24) is 4.90 Å². The van der Waals surface area contributed by atoms with Gasteiger partial charge in [0, 0.05) is 19.7 Å². The lowest BCUT2D eigenvalue weighted by Gasteiger charge is -2.32. The molecule has 0 aliphatic carbocycles. The van der Waals surface area contributed by atoms with Gasteiger partial charge in [-0.3, -0.25) is 4.90 Å². The zero-order valence-corrected chi connectivity index (χ0v) is 13.0. The number of para-hydroxylation sites is 2. The number of aliphatic hydroxyl groups excluding tert-OH is 1. The van der Waals surface area contributed by atoms with Gasteiger partial charge in [-0.2, -0.15) is 0 Å². The zero-order chi connectivity index (χ0) is 14.9. The van der Waals surface area contributed by atoms with Crippen LogP contribution in [0.2, 0.25) is 0 Å². The normalized spacial score (nSPS) is 19.4. The topological polar surface area (TPSA) is 41.9 Å². The summed E-state index contributed by atoms with van der Waals surface area (Å²) in [6, 6.07) is 7.82. The monoisotopic (exact) mass is 293 g/mol. The molecule has 0 radical (unpaired) electrons. The number of rotatable bonds is 8. The van der Waals surface area contributed by atoms with Gasteiger partial charge in [0.2, 0.25) is 0 Å². The molecule has 21 heavy (non-hydrogen) atoms. The smallest absolute Gasteiger partial charge is 0.161 e. The molecule has 4 nitrogen and oxygen atoms in total. The highest BCUT2D eigenvalue weighted by molar-refractivity contribution is 5.39. The van der Waals surface area contributed by atoms with Crippen LogP contribution >= 0.6 is 0 Å². The molecule has 0 spiro atoms. The number of piperidine rings is 1. The number of benzene rings is 1. The van der Waals surface area contributed by atoms with Crippen LogP contribution in [0.25, 0.3) is 0 Å². The second-order valence-corrected chi connectivity index (χ2v) is 5.55. The SMILES string of the molecule is CCOc1ccccc1OCCN1CCCC(CCO)C1. The molecule has 1 aliphatic heterocycles. The van der Waals surface area contributed by atoms with E-state index in [-0.39, 0.29) is 0 Å². The molecule has 1 fully saturated rings. The Morgan fingerprint density at radius 2 is 2.00 bits per heavy atom. The van der Waals surface area contributed by atoms with E-state index in [9.17, 15) is 0 Å². The molecule has 0 aromatic heterocycles. The lowest BCUT2D eigenvalue weighted by atomic mass is 9.95. The van der Waals surface area contributed by atoms with Crippen molar-refractivity contribution in [1.29, 1.82) is 0 Å². The summed E-state index contributed by atoms with van der Waals surface area (Å²) in [4.78, 5) is 2.44. The van der Waals surface area contributed by atoms with Gasteiger partial charge >= 0.3 is 0 Å². The Labute approximate surface area is 127 Å². The number of hydrogen-bond acceptors (Lipinski definition) is 4. The number of hydrogen-bond donors (Lipinski definition) is 1. The first-order valence-electron chi connectivity index (χ1n) is 8.01. The van der Waals surface area contributed by atoms with Crippen LogP contribution < -0.4 is 9.47 Å². The Balaban J connectivity index is 1.76. The van der Waals surface area contributed by atoms with Crippen molar-refractivity contribution >= 4 is 0 Å². The Hall–Kier alpha value is -1.26. The molecule has 1 aromatic carbocycles. The molecule has 1 N–H and O–H groups in total. The van der Waals surface area contributed by atoms with Crippen LogP contribution in [-0.2, 0) is 0 Å². The Morgan fingerprint density at radius 1 is 1.24 bits per heavy atom. The average Bonchev–Trinajstić information content (AvgIpc) is 2.50. The highest BCUT2D eigenvalue weighted by Crippen LogP contribution is 2.26. The van der Waals surface area contributed by atoms with Gasteiger partial charge in [-0.1, -0.05) is 12.1 Å². The summed E-state index contributed by atoms with van der Waals surface area (Å²) >= 11 is 0. The predicted octanol–water partition coefficient (Wildman–Crippen LogP) is 2.56. The van der Waals surface area contributed by atoms with Gasteiger partial charge in [0.1, 0.15) is 6.61 Å². The summed E-state index contributed by atoms with van der Waals surface area (Å²) in [7, 11) is 0. The van der Waals surface area contributed by atoms with E-state index in [2.05, 4.69) is 4.90 Å². The van der Waals surface area contributed by atoms with E-state index in [1.165, 1.54) is 12.8 Å². The van der Waals surface area contributed by atoms with Gasteiger partial charge in [0.25, 0.3) is 0 Å². The van der Waals surface area contributed by atoms with Crippen LogP contribution in [0.5, 0.6) is 11.5 Å². The third-order valence-electron chi connectivity index (χ3n) is 3.95. The fraction of sp³-hybridized carbons (Fsp3) is 0.647. The predicted molar refractivity (Wildman–Crippen MR) is 84.0 cm³/mol. The van der Waals surface area contributed by atoms with Gasteiger partial charge in [0.05, 0.1) is 6.61 Å². The minimum atomic E-state index is 0.302. The van der Waals surface area contributed by atoms with Crippen LogP contribution in [0.15, 0.2) is 24.3 Å². The van der Waals surface area contributed by atoms with Crippen molar-refractivity contribution in [2.75, 3.05) is 39.5 Å². The number of ether oxygens (including phenoxy) is 2. The quantitative estimate of drug-likeness (QED) is 0.800. The summed E-state index contributed by atoms with van der Waals surface area (Å²) in [6.07, 6.45) is 3.38. The molecular weight excluding hydrogens is 266 g/mol. The van der Waals surface area contributed by atoms with E-state index in [1.54, 1.807) is 0 Å². The summed E-state index contributed by atoms with van der Waals surface area (Å²) in [5.74, 6) is 2.28. The van der Waals surface area contributed by atoms with Crippen LogP contribution in [0.4, 0.5) is 0 Å². The van der Waals surface area contributed by atoms with Gasteiger partial charge in [-0.05, 0) is 50.8 Å². The first-order valence-corrected chi connectivity index (χ1v) is 8.01. The number of likely N-dealkylation sites (tertiary alicyclic amines) is 1. The summed E-state index contributed by atoms with van der Waals surface area (Å²) in [6.45, 7) is 6.76. The number of nitrogens with zero attached hydrogens (tertiary/aromatic N) is 1. The van der Waals surface area contributed by atoms with Gasteiger partial charge in [-0.15, -0.1) is 0 Å². The highest BCUT2D eigenvalue weighted by Gasteiger charge is 2.19. The van der Waals surface area contributed by atoms with Crippen molar-refractivity contribution in [3.8, 4) is 11.5 Å². The van der Waals surface area contributed by atoms with Gasteiger partial charge < -0.3 is 14.6 Å². The third kappa shape index (κ3) is 5.21. The van der Waals surface area contributed by atoms with Crippen molar-refractivity contribution < 1.29 is 14.6 Å². The molecule has 0 bridgehead atoms. The minimum absolute atomic E-state index is 0.302. The molecule has 2 rings (SSSR count). The second-order valence-electron chi connectivity index (χ2n) is 5.55. The van der Waals surface area contributed by atoms with Crippen LogP contribution in [0.3, 0.4) is 0 Å². The summed E-state index contributed by atoms with van der Waals surface area (Å²) in [5, 5.41) is 9.05.